The van der Waals surface area contributed by atoms with E-state index in [9.17, 15) is 4.79 Å². The minimum Gasteiger partial charge on any atom is -0.481 e. The predicted molar refractivity (Wildman–Crippen MR) is 141 cm³/mol. The smallest absolute Gasteiger partial charge is 0.265 e. The molecular weight excluding hydrogens is 466 g/mol. The number of nitrogens with zero attached hydrogens (tertiary/aromatic N) is 3. The molecule has 1 amide bonds. The van der Waals surface area contributed by atoms with Gasteiger partial charge in [0, 0.05) is 23.0 Å². The van der Waals surface area contributed by atoms with E-state index in [1.54, 1.807) is 30.3 Å². The van der Waals surface area contributed by atoms with E-state index in [1.165, 1.54) is 0 Å². The van der Waals surface area contributed by atoms with E-state index in [1.807, 2.05) is 78.9 Å². The Balaban J connectivity index is 1.39. The van der Waals surface area contributed by atoms with Crippen LogP contribution >= 0.6 is 0 Å². The highest BCUT2D eigenvalue weighted by atomic mass is 16.5. The molecule has 1 aliphatic heterocycles. The SMILES string of the molecule is COc1ncc2c3c(cccc13)N(c1ccc(OCc3ccccc3)nc1OCc1ccccc1)C2=O. The molecule has 6 rings (SSSR count). The minimum atomic E-state index is -0.203. The monoisotopic (exact) mass is 489 g/mol. The van der Waals surface area contributed by atoms with E-state index in [0.29, 0.717) is 35.5 Å². The second-order valence-electron chi connectivity index (χ2n) is 8.54. The average molecular weight is 490 g/mol. The molecule has 37 heavy (non-hydrogen) atoms. The number of carbonyl (C=O) groups excluding carboxylic acids is 1. The van der Waals surface area contributed by atoms with Gasteiger partial charge in [0.1, 0.15) is 18.9 Å². The van der Waals surface area contributed by atoms with Gasteiger partial charge in [-0.15, -0.1) is 0 Å². The summed E-state index contributed by atoms with van der Waals surface area (Å²) in [6.45, 7) is 0.654. The van der Waals surface area contributed by atoms with E-state index in [2.05, 4.69) is 9.97 Å². The van der Waals surface area contributed by atoms with Crippen LogP contribution in [0.15, 0.2) is 97.2 Å². The number of hydrogen-bond acceptors (Lipinski definition) is 6. The quantitative estimate of drug-likeness (QED) is 0.263. The summed E-state index contributed by atoms with van der Waals surface area (Å²) in [6.07, 6.45) is 1.56. The Labute approximate surface area is 213 Å². The Kier molecular flexibility index (Phi) is 5.86. The lowest BCUT2D eigenvalue weighted by molar-refractivity contribution is 0.100. The van der Waals surface area contributed by atoms with Crippen molar-refractivity contribution in [2.45, 2.75) is 13.2 Å². The summed E-state index contributed by atoms with van der Waals surface area (Å²) < 4.78 is 17.6. The first kappa shape index (κ1) is 22.5. The summed E-state index contributed by atoms with van der Waals surface area (Å²) in [6, 6.07) is 28.9. The van der Waals surface area contributed by atoms with Gasteiger partial charge in [0.25, 0.3) is 5.91 Å². The van der Waals surface area contributed by atoms with Crippen LogP contribution < -0.4 is 19.1 Å². The van der Waals surface area contributed by atoms with E-state index >= 15 is 0 Å². The first-order valence-electron chi connectivity index (χ1n) is 11.9. The van der Waals surface area contributed by atoms with Crippen LogP contribution in [0.2, 0.25) is 0 Å². The molecule has 0 atom stereocenters. The Hall–Kier alpha value is -4.91. The molecule has 3 heterocycles. The molecule has 7 nitrogen and oxygen atoms in total. The molecule has 0 saturated heterocycles. The average Bonchev–Trinajstić information content (AvgIpc) is 3.24. The molecule has 182 valence electrons. The number of benzene rings is 3. The fraction of sp³-hybridized carbons (Fsp3) is 0.100. The number of rotatable bonds is 8. The summed E-state index contributed by atoms with van der Waals surface area (Å²) in [5.41, 5.74) is 3.76. The summed E-state index contributed by atoms with van der Waals surface area (Å²) in [7, 11) is 1.57. The molecule has 0 saturated carbocycles. The van der Waals surface area contributed by atoms with Gasteiger partial charge < -0.3 is 14.2 Å². The van der Waals surface area contributed by atoms with Crippen molar-refractivity contribution >= 4 is 28.1 Å². The highest BCUT2D eigenvalue weighted by Crippen LogP contribution is 2.46. The van der Waals surface area contributed by atoms with Gasteiger partial charge in [-0.3, -0.25) is 9.69 Å². The number of methoxy groups -OCH3 is 1. The number of pyridine rings is 2. The van der Waals surface area contributed by atoms with Gasteiger partial charge >= 0.3 is 0 Å². The van der Waals surface area contributed by atoms with Gasteiger partial charge in [-0.05, 0) is 29.3 Å². The number of amides is 1. The number of hydrogen-bond donors (Lipinski definition) is 0. The van der Waals surface area contributed by atoms with Gasteiger partial charge in [-0.2, -0.15) is 4.98 Å². The Bertz CT molecular complexity index is 1590. The highest BCUT2D eigenvalue weighted by molar-refractivity contribution is 6.28. The molecular formula is C30H23N3O4. The zero-order chi connectivity index (χ0) is 25.2. The molecule has 0 unspecified atom stereocenters. The highest BCUT2D eigenvalue weighted by Gasteiger charge is 2.34. The first-order chi connectivity index (χ1) is 18.2. The van der Waals surface area contributed by atoms with Crippen LogP contribution in [0.1, 0.15) is 21.5 Å². The molecule has 7 heteroatoms. The van der Waals surface area contributed by atoms with E-state index in [0.717, 1.165) is 27.6 Å². The number of ether oxygens (including phenoxy) is 3. The van der Waals surface area contributed by atoms with Crippen molar-refractivity contribution in [3.8, 4) is 17.6 Å². The van der Waals surface area contributed by atoms with Crippen molar-refractivity contribution in [1.82, 2.24) is 9.97 Å². The molecule has 2 aromatic heterocycles. The van der Waals surface area contributed by atoms with E-state index in [4.69, 9.17) is 14.2 Å². The molecule has 0 N–H and O–H groups in total. The zero-order valence-electron chi connectivity index (χ0n) is 20.1. The molecule has 0 aliphatic carbocycles. The maximum atomic E-state index is 13.6. The number of carbonyl (C=O) groups is 1. The topological polar surface area (TPSA) is 73.8 Å². The van der Waals surface area contributed by atoms with Gasteiger partial charge in [-0.25, -0.2) is 4.98 Å². The van der Waals surface area contributed by atoms with Crippen LogP contribution in [0.4, 0.5) is 11.4 Å². The van der Waals surface area contributed by atoms with Crippen molar-refractivity contribution in [2.24, 2.45) is 0 Å². The van der Waals surface area contributed by atoms with Gasteiger partial charge in [0.15, 0.2) is 0 Å². The second kappa shape index (κ2) is 9.62. The van der Waals surface area contributed by atoms with E-state index in [-0.39, 0.29) is 12.5 Å². The van der Waals surface area contributed by atoms with Gasteiger partial charge in [0.05, 0.1) is 18.4 Å². The largest absolute Gasteiger partial charge is 0.481 e. The molecule has 1 aliphatic rings. The predicted octanol–water partition coefficient (Wildman–Crippen LogP) is 6.09. The summed E-state index contributed by atoms with van der Waals surface area (Å²) in [5.74, 6) is 0.970. The zero-order valence-corrected chi connectivity index (χ0v) is 20.1. The number of aromatic nitrogens is 2. The minimum absolute atomic E-state index is 0.203. The molecule has 3 aromatic carbocycles. The standard InChI is InChI=1S/C30H23N3O4/c1-35-28-22-13-8-14-24-27(22)23(17-31-28)30(34)33(24)25-15-16-26(36-18-20-9-4-2-5-10-20)32-29(25)37-19-21-11-6-3-7-12-21/h2-17H,18-19H2,1H3. The third kappa shape index (κ3) is 4.21. The van der Waals surface area contributed by atoms with Crippen LogP contribution in [0.25, 0.3) is 10.8 Å². The fourth-order valence-electron chi connectivity index (χ4n) is 4.47. The van der Waals surface area contributed by atoms with Crippen LogP contribution in [0.3, 0.4) is 0 Å². The number of anilines is 2. The lowest BCUT2D eigenvalue weighted by Crippen LogP contribution is -2.22. The van der Waals surface area contributed by atoms with Crippen molar-refractivity contribution in [3.63, 3.8) is 0 Å². The third-order valence-corrected chi connectivity index (χ3v) is 6.22. The first-order valence-corrected chi connectivity index (χ1v) is 11.9. The van der Waals surface area contributed by atoms with Crippen LogP contribution in [-0.4, -0.2) is 23.0 Å². The van der Waals surface area contributed by atoms with E-state index < -0.39 is 0 Å². The normalized spacial score (nSPS) is 12.1. The molecule has 0 spiro atoms. The van der Waals surface area contributed by atoms with Crippen molar-refractivity contribution in [1.29, 1.82) is 0 Å². The molecule has 0 fully saturated rings. The second-order valence-corrected chi connectivity index (χ2v) is 8.54. The van der Waals surface area contributed by atoms with Gasteiger partial charge in [-0.1, -0.05) is 66.7 Å². The van der Waals surface area contributed by atoms with Crippen molar-refractivity contribution in [2.75, 3.05) is 12.0 Å². The van der Waals surface area contributed by atoms with Crippen LogP contribution in [0, 0.1) is 0 Å². The molecule has 5 aromatic rings. The third-order valence-electron chi connectivity index (χ3n) is 6.22. The lowest BCUT2D eigenvalue weighted by Gasteiger charge is -2.21. The van der Waals surface area contributed by atoms with Crippen molar-refractivity contribution < 1.29 is 19.0 Å². The molecule has 0 bridgehead atoms. The van der Waals surface area contributed by atoms with Crippen molar-refractivity contribution in [3.05, 3.63) is 114 Å². The van der Waals surface area contributed by atoms with Crippen LogP contribution in [0.5, 0.6) is 17.6 Å². The summed E-state index contributed by atoms with van der Waals surface area (Å²) >= 11 is 0. The maximum absolute atomic E-state index is 13.6. The Morgan fingerprint density at radius 3 is 2.14 bits per heavy atom. The Morgan fingerprint density at radius 1 is 0.730 bits per heavy atom. The Morgan fingerprint density at radius 2 is 1.43 bits per heavy atom. The fourth-order valence-corrected chi connectivity index (χ4v) is 4.47. The maximum Gasteiger partial charge on any atom is 0.265 e. The lowest BCUT2D eigenvalue weighted by atomic mass is 10.1. The van der Waals surface area contributed by atoms with Gasteiger partial charge in [0.2, 0.25) is 17.6 Å². The molecule has 0 radical (unpaired) electrons. The van der Waals surface area contributed by atoms with Crippen LogP contribution in [-0.2, 0) is 13.2 Å². The summed E-state index contributed by atoms with van der Waals surface area (Å²) in [4.78, 5) is 24.2. The summed E-state index contributed by atoms with van der Waals surface area (Å²) in [5, 5.41) is 1.56.